The van der Waals surface area contributed by atoms with Gasteiger partial charge in [-0.2, -0.15) is 0 Å². The molecule has 0 fully saturated rings. The van der Waals surface area contributed by atoms with Gasteiger partial charge < -0.3 is 4.90 Å². The van der Waals surface area contributed by atoms with E-state index in [1.54, 1.807) is 6.92 Å². The minimum absolute atomic E-state index is 0.0889. The van der Waals surface area contributed by atoms with E-state index in [1.165, 1.54) is 0 Å². The molecule has 0 aliphatic heterocycles. The van der Waals surface area contributed by atoms with E-state index >= 15 is 0 Å². The predicted octanol–water partition coefficient (Wildman–Crippen LogP) is 3.89. The van der Waals surface area contributed by atoms with Crippen LogP contribution in [0.3, 0.4) is 0 Å². The minimum atomic E-state index is 0.0889. The van der Waals surface area contributed by atoms with Gasteiger partial charge in [-0.05, 0) is 61.8 Å². The van der Waals surface area contributed by atoms with Gasteiger partial charge in [0.2, 0.25) is 0 Å². The number of benzene rings is 1. The van der Waals surface area contributed by atoms with E-state index in [9.17, 15) is 4.79 Å². The number of nitrogens with zero attached hydrogens (tertiary/aromatic N) is 1. The lowest BCUT2D eigenvalue weighted by atomic mass is 10.1. The van der Waals surface area contributed by atoms with Crippen molar-refractivity contribution < 1.29 is 4.79 Å². The smallest absolute Gasteiger partial charge is 0.160 e. The van der Waals surface area contributed by atoms with Gasteiger partial charge in [-0.1, -0.05) is 0 Å². The lowest BCUT2D eigenvalue weighted by Gasteiger charge is -2.27. The average Bonchev–Trinajstić information content (AvgIpc) is 2.17. The molecule has 0 heterocycles. The molecule has 88 valence electrons. The summed E-state index contributed by atoms with van der Waals surface area (Å²) in [7, 11) is 0. The van der Waals surface area contributed by atoms with Gasteiger partial charge in [0.05, 0.1) is 0 Å². The molecule has 1 rings (SSSR count). The fraction of sp³-hybridized carbons (Fsp3) is 0.462. The van der Waals surface area contributed by atoms with Crippen molar-refractivity contribution in [2.24, 2.45) is 0 Å². The summed E-state index contributed by atoms with van der Waals surface area (Å²) in [5, 5.41) is 0. The van der Waals surface area contributed by atoms with Gasteiger partial charge >= 0.3 is 0 Å². The van der Waals surface area contributed by atoms with Crippen LogP contribution in [0, 0.1) is 0 Å². The van der Waals surface area contributed by atoms with Crippen molar-refractivity contribution in [3.05, 3.63) is 28.2 Å². The summed E-state index contributed by atoms with van der Waals surface area (Å²) in [6, 6.07) is 6.36. The number of halogens is 1. The molecule has 0 radical (unpaired) electrons. The Morgan fingerprint density at radius 3 is 2.44 bits per heavy atom. The first-order chi connectivity index (χ1) is 7.47. The van der Waals surface area contributed by atoms with Crippen LogP contribution in [0.15, 0.2) is 22.7 Å². The van der Waals surface area contributed by atoms with Crippen molar-refractivity contribution in [1.29, 1.82) is 0 Å². The van der Waals surface area contributed by atoms with Crippen molar-refractivity contribution in [2.75, 3.05) is 11.4 Å². The van der Waals surface area contributed by atoms with Crippen molar-refractivity contribution in [1.82, 2.24) is 0 Å². The fourth-order valence-electron chi connectivity index (χ4n) is 1.81. The summed E-state index contributed by atoms with van der Waals surface area (Å²) in [6.07, 6.45) is 0. The van der Waals surface area contributed by atoms with Crippen LogP contribution in [0.25, 0.3) is 0 Å². The van der Waals surface area contributed by atoms with Crippen molar-refractivity contribution >= 4 is 27.4 Å². The van der Waals surface area contributed by atoms with E-state index < -0.39 is 0 Å². The first-order valence-electron chi connectivity index (χ1n) is 5.54. The van der Waals surface area contributed by atoms with Gasteiger partial charge in [0.25, 0.3) is 0 Å². The molecule has 1 aromatic rings. The second-order valence-electron chi connectivity index (χ2n) is 4.10. The Hall–Kier alpha value is -0.830. The molecular weight excluding hydrogens is 266 g/mol. The molecular formula is C13H18BrNO. The van der Waals surface area contributed by atoms with Gasteiger partial charge in [0.1, 0.15) is 0 Å². The third-order valence-corrected chi connectivity index (χ3v) is 3.28. The molecule has 2 nitrogen and oxygen atoms in total. The van der Waals surface area contributed by atoms with Crippen LogP contribution in [0.4, 0.5) is 5.69 Å². The third kappa shape index (κ3) is 2.85. The molecule has 0 amide bonds. The molecule has 0 saturated heterocycles. The van der Waals surface area contributed by atoms with Gasteiger partial charge in [0, 0.05) is 28.3 Å². The van der Waals surface area contributed by atoms with E-state index in [4.69, 9.17) is 0 Å². The molecule has 0 saturated carbocycles. The molecule has 16 heavy (non-hydrogen) atoms. The van der Waals surface area contributed by atoms with Crippen LogP contribution in [-0.2, 0) is 0 Å². The molecule has 0 N–H and O–H groups in total. The molecule has 0 aromatic heterocycles. The van der Waals surface area contributed by atoms with Crippen LogP contribution >= 0.6 is 15.9 Å². The summed E-state index contributed by atoms with van der Waals surface area (Å²) in [4.78, 5) is 13.6. The van der Waals surface area contributed by atoms with E-state index in [-0.39, 0.29) is 5.78 Å². The van der Waals surface area contributed by atoms with Crippen LogP contribution < -0.4 is 4.90 Å². The van der Waals surface area contributed by atoms with Gasteiger partial charge in [-0.3, -0.25) is 4.79 Å². The Labute approximate surface area is 106 Å². The maximum atomic E-state index is 11.3. The standard InChI is InChI=1S/C13H18BrNO/c1-5-15(9(2)3)11-6-7-12(10(4)16)13(14)8-11/h6-9H,5H2,1-4H3. The Balaban J connectivity index is 3.09. The van der Waals surface area contributed by atoms with E-state index in [2.05, 4.69) is 41.6 Å². The van der Waals surface area contributed by atoms with Crippen LogP contribution in [0.1, 0.15) is 38.1 Å². The Kier molecular flexibility index (Phi) is 4.54. The largest absolute Gasteiger partial charge is 0.369 e. The van der Waals surface area contributed by atoms with E-state index in [0.717, 1.165) is 22.3 Å². The SMILES string of the molecule is CCN(c1ccc(C(C)=O)c(Br)c1)C(C)C. The second-order valence-corrected chi connectivity index (χ2v) is 4.95. The molecule has 0 aliphatic rings. The number of Topliss-reactive ketones (excluding diaryl/α,β-unsaturated/α-hetero) is 1. The van der Waals surface area contributed by atoms with Crippen molar-refractivity contribution in [2.45, 2.75) is 33.7 Å². The third-order valence-electron chi connectivity index (χ3n) is 2.63. The maximum absolute atomic E-state index is 11.3. The Morgan fingerprint density at radius 1 is 1.44 bits per heavy atom. The van der Waals surface area contributed by atoms with Crippen LogP contribution in [0.2, 0.25) is 0 Å². The molecule has 0 atom stereocenters. The maximum Gasteiger partial charge on any atom is 0.160 e. The molecule has 0 spiro atoms. The first-order valence-corrected chi connectivity index (χ1v) is 6.33. The highest BCUT2D eigenvalue weighted by Gasteiger charge is 2.11. The first kappa shape index (κ1) is 13.2. The van der Waals surface area contributed by atoms with Gasteiger partial charge in [-0.25, -0.2) is 0 Å². The molecule has 0 unspecified atom stereocenters. The monoisotopic (exact) mass is 283 g/mol. The highest BCUT2D eigenvalue weighted by molar-refractivity contribution is 9.10. The van der Waals surface area contributed by atoms with E-state index in [0.29, 0.717) is 6.04 Å². The summed E-state index contributed by atoms with van der Waals surface area (Å²) in [5.74, 6) is 0.0889. The minimum Gasteiger partial charge on any atom is -0.369 e. The number of carbonyl (C=O) groups is 1. The Morgan fingerprint density at radius 2 is 2.06 bits per heavy atom. The fourth-order valence-corrected chi connectivity index (χ4v) is 2.46. The van der Waals surface area contributed by atoms with E-state index in [1.807, 2.05) is 18.2 Å². The summed E-state index contributed by atoms with van der Waals surface area (Å²) in [6.45, 7) is 9.00. The molecule has 3 heteroatoms. The normalized spacial score (nSPS) is 10.6. The Bertz CT molecular complexity index is 388. The molecule has 0 bridgehead atoms. The highest BCUT2D eigenvalue weighted by atomic mass is 79.9. The number of carbonyl (C=O) groups excluding carboxylic acids is 1. The number of hydrogen-bond donors (Lipinski definition) is 0. The summed E-state index contributed by atoms with van der Waals surface area (Å²) < 4.78 is 0.872. The van der Waals surface area contributed by atoms with Crippen molar-refractivity contribution in [3.8, 4) is 0 Å². The van der Waals surface area contributed by atoms with Crippen LogP contribution in [-0.4, -0.2) is 18.4 Å². The summed E-state index contributed by atoms with van der Waals surface area (Å²) in [5.41, 5.74) is 1.89. The quantitative estimate of drug-likeness (QED) is 0.782. The van der Waals surface area contributed by atoms with Crippen LogP contribution in [0.5, 0.6) is 0 Å². The highest BCUT2D eigenvalue weighted by Crippen LogP contribution is 2.25. The van der Waals surface area contributed by atoms with Crippen molar-refractivity contribution in [3.63, 3.8) is 0 Å². The number of ketones is 1. The zero-order valence-electron chi connectivity index (χ0n) is 10.2. The molecule has 0 aliphatic carbocycles. The van der Waals surface area contributed by atoms with Gasteiger partial charge in [-0.15, -0.1) is 0 Å². The predicted molar refractivity (Wildman–Crippen MR) is 72.3 cm³/mol. The zero-order valence-corrected chi connectivity index (χ0v) is 11.8. The topological polar surface area (TPSA) is 20.3 Å². The number of anilines is 1. The number of rotatable bonds is 4. The summed E-state index contributed by atoms with van der Waals surface area (Å²) >= 11 is 3.45. The lowest BCUT2D eigenvalue weighted by Crippen LogP contribution is -2.30. The molecule has 1 aromatic carbocycles. The average molecular weight is 284 g/mol. The second kappa shape index (κ2) is 5.48. The number of hydrogen-bond acceptors (Lipinski definition) is 2. The zero-order chi connectivity index (χ0) is 12.3. The lowest BCUT2D eigenvalue weighted by molar-refractivity contribution is 0.101. The van der Waals surface area contributed by atoms with Gasteiger partial charge in [0.15, 0.2) is 5.78 Å².